The van der Waals surface area contributed by atoms with Gasteiger partial charge in [-0.25, -0.2) is 0 Å². The number of carbonyl (C=O) groups is 2. The first-order valence-electron chi connectivity index (χ1n) is 17.4. The normalized spacial score (nSPS) is 11.6. The SMILES string of the molecule is COc1cc2c(OC)c(-c3c(C)cc4c(C(=O)Nc5ccccc5)c(OC)c(OC)cc4c3C(C)OC)c(C)cc2c(C(=O)Nc2ccccc2)c1OC. The summed E-state index contributed by atoms with van der Waals surface area (Å²) in [6.07, 6.45) is -0.456. The van der Waals surface area contributed by atoms with Crippen LogP contribution in [0.3, 0.4) is 0 Å². The van der Waals surface area contributed by atoms with E-state index in [9.17, 15) is 9.59 Å². The van der Waals surface area contributed by atoms with Crippen molar-refractivity contribution in [2.45, 2.75) is 26.9 Å². The van der Waals surface area contributed by atoms with Crippen molar-refractivity contribution in [2.24, 2.45) is 0 Å². The first-order chi connectivity index (χ1) is 26.1. The second kappa shape index (κ2) is 15.8. The van der Waals surface area contributed by atoms with E-state index in [0.717, 1.165) is 33.2 Å². The van der Waals surface area contributed by atoms with Crippen LogP contribution in [0.2, 0.25) is 0 Å². The molecule has 0 aliphatic heterocycles. The quantitative estimate of drug-likeness (QED) is 0.128. The third-order valence-corrected chi connectivity index (χ3v) is 9.69. The molecule has 0 saturated carbocycles. The summed E-state index contributed by atoms with van der Waals surface area (Å²) < 4.78 is 35.6. The minimum atomic E-state index is -0.456. The predicted octanol–water partition coefficient (Wildman–Crippen LogP) is 9.53. The van der Waals surface area contributed by atoms with Crippen molar-refractivity contribution in [3.05, 3.63) is 113 Å². The van der Waals surface area contributed by atoms with E-state index in [4.69, 9.17) is 28.4 Å². The summed E-state index contributed by atoms with van der Waals surface area (Å²) >= 11 is 0. The van der Waals surface area contributed by atoms with E-state index in [-0.39, 0.29) is 11.8 Å². The van der Waals surface area contributed by atoms with Gasteiger partial charge < -0.3 is 39.1 Å². The number of carbonyl (C=O) groups excluding carboxylic acids is 2. The lowest BCUT2D eigenvalue weighted by Gasteiger charge is -2.26. The zero-order valence-electron chi connectivity index (χ0n) is 31.9. The molecule has 278 valence electrons. The van der Waals surface area contributed by atoms with Crippen molar-refractivity contribution in [3.8, 4) is 39.9 Å². The van der Waals surface area contributed by atoms with E-state index in [1.165, 1.54) is 21.3 Å². The molecule has 54 heavy (non-hydrogen) atoms. The first-order valence-corrected chi connectivity index (χ1v) is 17.4. The number of para-hydroxylation sites is 2. The topological polar surface area (TPSA) is 114 Å². The zero-order valence-corrected chi connectivity index (χ0v) is 31.9. The van der Waals surface area contributed by atoms with Gasteiger partial charge in [-0.1, -0.05) is 36.4 Å². The van der Waals surface area contributed by atoms with E-state index in [0.29, 0.717) is 67.4 Å². The van der Waals surface area contributed by atoms with Gasteiger partial charge in [-0.2, -0.15) is 0 Å². The van der Waals surface area contributed by atoms with Gasteiger partial charge in [0.05, 0.1) is 52.8 Å². The van der Waals surface area contributed by atoms with Crippen LogP contribution in [0.25, 0.3) is 32.7 Å². The molecule has 1 unspecified atom stereocenters. The van der Waals surface area contributed by atoms with Crippen molar-refractivity contribution in [3.63, 3.8) is 0 Å². The van der Waals surface area contributed by atoms with Crippen LogP contribution >= 0.6 is 0 Å². The molecule has 6 aromatic rings. The Balaban J connectivity index is 1.69. The lowest BCUT2D eigenvalue weighted by molar-refractivity contribution is 0.101. The maximum atomic E-state index is 14.2. The number of benzene rings is 6. The van der Waals surface area contributed by atoms with Gasteiger partial charge in [0.25, 0.3) is 11.8 Å². The Morgan fingerprint density at radius 3 is 1.37 bits per heavy atom. The molecule has 6 rings (SSSR count). The molecule has 2 amide bonds. The van der Waals surface area contributed by atoms with Crippen LogP contribution in [0.5, 0.6) is 28.7 Å². The number of amides is 2. The van der Waals surface area contributed by atoms with E-state index in [1.807, 2.05) is 106 Å². The Morgan fingerprint density at radius 1 is 0.519 bits per heavy atom. The summed E-state index contributed by atoms with van der Waals surface area (Å²) in [4.78, 5) is 28.2. The van der Waals surface area contributed by atoms with Gasteiger partial charge >= 0.3 is 0 Å². The highest BCUT2D eigenvalue weighted by Gasteiger charge is 2.31. The maximum Gasteiger partial charge on any atom is 0.260 e. The Bertz CT molecular complexity index is 2380. The van der Waals surface area contributed by atoms with E-state index >= 15 is 0 Å². The number of aryl methyl sites for hydroxylation is 2. The highest BCUT2D eigenvalue weighted by atomic mass is 16.5. The average Bonchev–Trinajstić information content (AvgIpc) is 3.18. The van der Waals surface area contributed by atoms with E-state index in [1.54, 1.807) is 21.3 Å². The van der Waals surface area contributed by atoms with Gasteiger partial charge in [0.15, 0.2) is 23.0 Å². The minimum absolute atomic E-state index is 0.297. The molecule has 0 aromatic heterocycles. The molecule has 0 heterocycles. The number of hydrogen-bond donors (Lipinski definition) is 2. The van der Waals surface area contributed by atoms with Crippen molar-refractivity contribution in [1.82, 2.24) is 0 Å². The fourth-order valence-corrected chi connectivity index (χ4v) is 7.24. The lowest BCUT2D eigenvalue weighted by Crippen LogP contribution is -2.15. The summed E-state index contributed by atoms with van der Waals surface area (Å²) in [6, 6.07) is 26.1. The van der Waals surface area contributed by atoms with Gasteiger partial charge in [-0.3, -0.25) is 9.59 Å². The number of fused-ring (bicyclic) bond motifs is 2. The summed E-state index contributed by atoms with van der Waals surface area (Å²) in [7, 11) is 9.35. The maximum absolute atomic E-state index is 14.2. The molecule has 2 N–H and O–H groups in total. The van der Waals surface area contributed by atoms with Crippen molar-refractivity contribution >= 4 is 44.7 Å². The van der Waals surface area contributed by atoms with Crippen LogP contribution in [0.4, 0.5) is 11.4 Å². The van der Waals surface area contributed by atoms with Gasteiger partial charge in [-0.05, 0) is 102 Å². The highest BCUT2D eigenvalue weighted by Crippen LogP contribution is 2.51. The van der Waals surface area contributed by atoms with Crippen molar-refractivity contribution in [1.29, 1.82) is 0 Å². The molecular formula is C44H44N2O8. The third kappa shape index (κ3) is 6.60. The van der Waals surface area contributed by atoms with E-state index in [2.05, 4.69) is 10.6 Å². The number of rotatable bonds is 12. The number of methoxy groups -OCH3 is 6. The molecule has 0 radical (unpaired) electrons. The molecule has 0 fully saturated rings. The van der Waals surface area contributed by atoms with Gasteiger partial charge in [0.1, 0.15) is 5.75 Å². The van der Waals surface area contributed by atoms with Crippen molar-refractivity contribution in [2.75, 3.05) is 53.3 Å². The molecule has 10 nitrogen and oxygen atoms in total. The molecule has 0 aliphatic rings. The smallest absolute Gasteiger partial charge is 0.260 e. The Hall–Kier alpha value is -6.26. The minimum Gasteiger partial charge on any atom is -0.495 e. The summed E-state index contributed by atoms with van der Waals surface area (Å²) in [5.41, 5.74) is 6.02. The first kappa shape index (κ1) is 37.5. The Labute approximate surface area is 314 Å². The number of ether oxygens (including phenoxy) is 6. The standard InChI is InChI=1S/C44H44N2O8/c1-24-20-29-31(22-33(50-5)41(53-8)38(29)43(47)45-27-16-12-10-13-17-27)37(26(3)49-4)35(24)36-25(2)21-30-32(40(36)52-7)23-34(51-6)42(54-9)39(30)44(48)46-28-18-14-11-15-19-28/h10-23,26H,1-9H3,(H,45,47)(H,46,48). The highest BCUT2D eigenvalue weighted by molar-refractivity contribution is 6.19. The molecule has 0 saturated heterocycles. The van der Waals surface area contributed by atoms with Crippen LogP contribution in [0.1, 0.15) is 50.4 Å². The molecule has 6 aromatic carbocycles. The van der Waals surface area contributed by atoms with E-state index < -0.39 is 6.10 Å². The fourth-order valence-electron chi connectivity index (χ4n) is 7.24. The Kier molecular flexibility index (Phi) is 11.0. The summed E-state index contributed by atoms with van der Waals surface area (Å²) in [5.74, 6) is 1.16. The largest absolute Gasteiger partial charge is 0.495 e. The zero-order chi connectivity index (χ0) is 38.7. The number of anilines is 2. The van der Waals surface area contributed by atoms with Crippen LogP contribution in [0.15, 0.2) is 84.9 Å². The molecule has 1 atom stereocenters. The average molecular weight is 729 g/mol. The van der Waals surface area contributed by atoms with Gasteiger partial charge in [-0.15, -0.1) is 0 Å². The van der Waals surface area contributed by atoms with Crippen LogP contribution in [0, 0.1) is 13.8 Å². The second-order valence-electron chi connectivity index (χ2n) is 12.8. The fraction of sp³-hybridized carbons (Fsp3) is 0.227. The number of nitrogens with one attached hydrogen (secondary N) is 2. The number of hydrogen-bond acceptors (Lipinski definition) is 8. The molecule has 10 heteroatoms. The molecule has 0 bridgehead atoms. The summed E-state index contributed by atoms with van der Waals surface area (Å²) in [5, 5.41) is 8.67. The van der Waals surface area contributed by atoms with Crippen LogP contribution < -0.4 is 34.3 Å². The molecular weight excluding hydrogens is 684 g/mol. The lowest BCUT2D eigenvalue weighted by atomic mass is 9.83. The Morgan fingerprint density at radius 2 is 0.944 bits per heavy atom. The molecule has 0 spiro atoms. The summed E-state index contributed by atoms with van der Waals surface area (Å²) in [6.45, 7) is 5.93. The monoisotopic (exact) mass is 728 g/mol. The van der Waals surface area contributed by atoms with Crippen LogP contribution in [-0.4, -0.2) is 54.5 Å². The third-order valence-electron chi connectivity index (χ3n) is 9.69. The van der Waals surface area contributed by atoms with Gasteiger partial charge in [0.2, 0.25) is 0 Å². The van der Waals surface area contributed by atoms with Gasteiger partial charge in [0, 0.05) is 34.8 Å². The van der Waals surface area contributed by atoms with Crippen molar-refractivity contribution < 1.29 is 38.0 Å². The molecule has 0 aliphatic carbocycles. The second-order valence-corrected chi connectivity index (χ2v) is 12.8. The predicted molar refractivity (Wildman–Crippen MR) is 213 cm³/mol. The van der Waals surface area contributed by atoms with Crippen LogP contribution in [-0.2, 0) is 4.74 Å².